The number of alkyl halides is 3. The van der Waals surface area contributed by atoms with Crippen molar-refractivity contribution < 1.29 is 41.9 Å². The van der Waals surface area contributed by atoms with Crippen molar-refractivity contribution in [3.63, 3.8) is 0 Å². The zero-order valence-corrected chi connectivity index (χ0v) is 22.2. The third-order valence-corrected chi connectivity index (χ3v) is 6.30. The predicted molar refractivity (Wildman–Crippen MR) is 137 cm³/mol. The fourth-order valence-electron chi connectivity index (χ4n) is 4.45. The molecule has 1 heterocycles. The zero-order valence-electron chi connectivity index (χ0n) is 22.2. The monoisotopic (exact) mass is 561 g/mol. The number of rotatable bonds is 11. The molecule has 2 aromatic carbocycles. The summed E-state index contributed by atoms with van der Waals surface area (Å²) in [7, 11) is 1.12. The fourth-order valence-corrected chi connectivity index (χ4v) is 4.45. The maximum atomic E-state index is 13.8. The number of nitrogens with one attached hydrogen (secondary N) is 1. The van der Waals surface area contributed by atoms with Crippen molar-refractivity contribution in [1.82, 2.24) is 15.1 Å². The summed E-state index contributed by atoms with van der Waals surface area (Å²) in [5.74, 6) is -4.81. The summed E-state index contributed by atoms with van der Waals surface area (Å²) in [6, 6.07) is 10.9. The van der Waals surface area contributed by atoms with E-state index in [9.17, 15) is 37.1 Å². The first-order valence-electron chi connectivity index (χ1n) is 12.6. The van der Waals surface area contributed by atoms with Crippen LogP contribution in [-0.4, -0.2) is 77.9 Å². The summed E-state index contributed by atoms with van der Waals surface area (Å²) in [6.45, 7) is 0.733. The second-order valence-corrected chi connectivity index (χ2v) is 9.80. The highest BCUT2D eigenvalue weighted by Gasteiger charge is 2.43. The van der Waals surface area contributed by atoms with E-state index in [-0.39, 0.29) is 29.9 Å². The molecule has 0 aromatic heterocycles. The maximum Gasteiger partial charge on any atom is 0.406 e. The molecule has 0 spiro atoms. The SMILES string of the molecule is COC(=O)[C@H](CC(C)C)NC(=O)[C@H](Cc1ccccc1)N(CC(F)(F)F)C(=O)CN1C(=O)c2ccccc2C1=O. The number of benzene rings is 2. The van der Waals surface area contributed by atoms with Crippen LogP contribution < -0.4 is 5.32 Å². The fraction of sp³-hybridized carbons (Fsp3) is 0.393. The number of amides is 4. The van der Waals surface area contributed by atoms with E-state index in [0.717, 1.165) is 7.11 Å². The molecule has 214 valence electrons. The van der Waals surface area contributed by atoms with E-state index >= 15 is 0 Å². The Morgan fingerprint density at radius 2 is 1.50 bits per heavy atom. The van der Waals surface area contributed by atoms with E-state index in [1.54, 1.807) is 44.2 Å². The van der Waals surface area contributed by atoms with E-state index in [4.69, 9.17) is 4.74 Å². The first kappa shape index (κ1) is 30.3. The average molecular weight is 562 g/mol. The summed E-state index contributed by atoms with van der Waals surface area (Å²) < 4.78 is 46.1. The minimum absolute atomic E-state index is 0.0239. The summed E-state index contributed by atoms with van der Waals surface area (Å²) in [6.07, 6.45) is -5.11. The van der Waals surface area contributed by atoms with E-state index in [1.165, 1.54) is 24.3 Å². The molecule has 0 unspecified atom stereocenters. The van der Waals surface area contributed by atoms with Gasteiger partial charge in [-0.3, -0.25) is 24.1 Å². The Labute approximate surface area is 229 Å². The number of carbonyl (C=O) groups excluding carboxylic acids is 5. The minimum atomic E-state index is -4.92. The second kappa shape index (κ2) is 12.8. The molecule has 0 aliphatic carbocycles. The standard InChI is InChI=1S/C28H30F3N3O6/c1-17(2)13-21(27(39)40-3)32-24(36)22(14-18-9-5-4-6-10-18)34(16-28(29,30)31)23(35)15-33-25(37)19-11-7-8-12-20(19)26(33)38/h4-12,17,21-22H,13-16H2,1-3H3,(H,32,36)/t21-,22-/m0/s1. The number of hydrogen-bond donors (Lipinski definition) is 1. The van der Waals surface area contributed by atoms with E-state index in [2.05, 4.69) is 5.32 Å². The Balaban J connectivity index is 1.97. The van der Waals surface area contributed by atoms with Gasteiger partial charge in [0.15, 0.2) is 0 Å². The Kier molecular flexibility index (Phi) is 9.67. The summed E-state index contributed by atoms with van der Waals surface area (Å²) in [5, 5.41) is 2.44. The molecule has 2 aromatic rings. The third-order valence-electron chi connectivity index (χ3n) is 6.30. The van der Waals surface area contributed by atoms with Gasteiger partial charge in [-0.05, 0) is 30.0 Å². The molecule has 0 saturated carbocycles. The van der Waals surface area contributed by atoms with Gasteiger partial charge in [-0.15, -0.1) is 0 Å². The van der Waals surface area contributed by atoms with Gasteiger partial charge in [0.2, 0.25) is 11.8 Å². The molecule has 4 amide bonds. The van der Waals surface area contributed by atoms with Gasteiger partial charge in [0.05, 0.1) is 18.2 Å². The van der Waals surface area contributed by atoms with Crippen molar-refractivity contribution in [2.24, 2.45) is 5.92 Å². The molecule has 9 nitrogen and oxygen atoms in total. The van der Waals surface area contributed by atoms with Gasteiger partial charge >= 0.3 is 12.1 Å². The quantitative estimate of drug-likeness (QED) is 0.334. The number of nitrogens with zero attached hydrogens (tertiary/aromatic N) is 2. The minimum Gasteiger partial charge on any atom is -0.467 e. The molecule has 2 atom stereocenters. The molecular weight excluding hydrogens is 531 g/mol. The predicted octanol–water partition coefficient (Wildman–Crippen LogP) is 2.99. The number of ether oxygens (including phenoxy) is 1. The van der Waals surface area contributed by atoms with Gasteiger partial charge in [0.1, 0.15) is 25.2 Å². The van der Waals surface area contributed by atoms with Crippen LogP contribution in [0.25, 0.3) is 0 Å². The number of imide groups is 1. The van der Waals surface area contributed by atoms with E-state index in [1.807, 2.05) is 0 Å². The molecule has 1 N–H and O–H groups in total. The van der Waals surface area contributed by atoms with Crippen LogP contribution in [0.3, 0.4) is 0 Å². The van der Waals surface area contributed by atoms with Crippen molar-refractivity contribution in [2.45, 2.75) is 44.9 Å². The normalized spacial score (nSPS) is 14.5. The first-order valence-corrected chi connectivity index (χ1v) is 12.6. The van der Waals surface area contributed by atoms with E-state index < -0.39 is 60.9 Å². The smallest absolute Gasteiger partial charge is 0.406 e. The van der Waals surface area contributed by atoms with Crippen molar-refractivity contribution in [3.8, 4) is 0 Å². The zero-order chi connectivity index (χ0) is 29.6. The van der Waals surface area contributed by atoms with Crippen LogP contribution >= 0.6 is 0 Å². The first-order chi connectivity index (χ1) is 18.8. The molecule has 0 radical (unpaired) electrons. The van der Waals surface area contributed by atoms with Crippen LogP contribution in [0.15, 0.2) is 54.6 Å². The lowest BCUT2D eigenvalue weighted by molar-refractivity contribution is -0.168. The van der Waals surface area contributed by atoms with Crippen LogP contribution in [-0.2, 0) is 25.5 Å². The third kappa shape index (κ3) is 7.45. The van der Waals surface area contributed by atoms with Crippen LogP contribution in [0, 0.1) is 5.92 Å². The Bertz CT molecular complexity index is 1230. The lowest BCUT2D eigenvalue weighted by Crippen LogP contribution is -2.58. The van der Waals surface area contributed by atoms with Gasteiger partial charge < -0.3 is 15.0 Å². The number of carbonyl (C=O) groups is 5. The average Bonchev–Trinajstić information content (AvgIpc) is 3.14. The van der Waals surface area contributed by atoms with Crippen LogP contribution in [0.4, 0.5) is 13.2 Å². The Hall–Kier alpha value is -4.22. The van der Waals surface area contributed by atoms with Gasteiger partial charge in [-0.25, -0.2) is 4.79 Å². The van der Waals surface area contributed by atoms with Gasteiger partial charge in [0.25, 0.3) is 11.8 Å². The summed E-state index contributed by atoms with van der Waals surface area (Å²) in [5.41, 5.74) is 0.494. The lowest BCUT2D eigenvalue weighted by Gasteiger charge is -2.33. The number of fused-ring (bicyclic) bond motifs is 1. The van der Waals surface area contributed by atoms with Crippen LogP contribution in [0.5, 0.6) is 0 Å². The number of methoxy groups -OCH3 is 1. The van der Waals surface area contributed by atoms with Gasteiger partial charge in [-0.1, -0.05) is 56.3 Å². The number of halogens is 3. The second-order valence-electron chi connectivity index (χ2n) is 9.80. The maximum absolute atomic E-state index is 13.8. The van der Waals surface area contributed by atoms with Crippen molar-refractivity contribution >= 4 is 29.6 Å². The number of hydrogen-bond acceptors (Lipinski definition) is 6. The largest absolute Gasteiger partial charge is 0.467 e. The topological polar surface area (TPSA) is 113 Å². The number of esters is 1. The molecule has 12 heteroatoms. The molecule has 0 fully saturated rings. The lowest BCUT2D eigenvalue weighted by atomic mass is 10.0. The van der Waals surface area contributed by atoms with E-state index in [0.29, 0.717) is 15.4 Å². The molecule has 40 heavy (non-hydrogen) atoms. The van der Waals surface area contributed by atoms with Gasteiger partial charge in [-0.2, -0.15) is 13.2 Å². The Morgan fingerprint density at radius 3 is 2.00 bits per heavy atom. The van der Waals surface area contributed by atoms with Gasteiger partial charge in [0, 0.05) is 6.42 Å². The highest BCUT2D eigenvalue weighted by molar-refractivity contribution is 6.22. The van der Waals surface area contributed by atoms with Crippen LogP contribution in [0.2, 0.25) is 0 Å². The van der Waals surface area contributed by atoms with Crippen molar-refractivity contribution in [3.05, 3.63) is 71.3 Å². The summed E-state index contributed by atoms with van der Waals surface area (Å²) >= 11 is 0. The molecule has 0 saturated heterocycles. The molecule has 1 aliphatic rings. The Morgan fingerprint density at radius 1 is 0.950 bits per heavy atom. The summed E-state index contributed by atoms with van der Waals surface area (Å²) in [4.78, 5) is 65.7. The van der Waals surface area contributed by atoms with Crippen molar-refractivity contribution in [1.29, 1.82) is 0 Å². The van der Waals surface area contributed by atoms with Crippen LogP contribution in [0.1, 0.15) is 46.5 Å². The highest BCUT2D eigenvalue weighted by Crippen LogP contribution is 2.25. The van der Waals surface area contributed by atoms with Crippen molar-refractivity contribution in [2.75, 3.05) is 20.2 Å². The molecule has 0 bridgehead atoms. The highest BCUT2D eigenvalue weighted by atomic mass is 19.4. The molecular formula is C28H30F3N3O6. The molecule has 3 rings (SSSR count). The molecule has 1 aliphatic heterocycles.